The van der Waals surface area contributed by atoms with Crippen LogP contribution in [0.2, 0.25) is 0 Å². The van der Waals surface area contributed by atoms with Gasteiger partial charge in [-0.3, -0.25) is 4.98 Å². The van der Waals surface area contributed by atoms with E-state index in [0.29, 0.717) is 16.9 Å². The lowest BCUT2D eigenvalue weighted by atomic mass is 9.90. The number of hydrogen-bond donors (Lipinski definition) is 1. The number of anilines is 1. The number of benzene rings is 2. The van der Waals surface area contributed by atoms with E-state index in [-0.39, 0.29) is 0 Å². The average Bonchev–Trinajstić information content (AvgIpc) is 2.53. The molecule has 0 bridgehead atoms. The van der Waals surface area contributed by atoms with Crippen molar-refractivity contribution >= 4 is 22.6 Å². The Labute approximate surface area is 140 Å². The monoisotopic (exact) mass is 318 g/mol. The predicted molar refractivity (Wildman–Crippen MR) is 94.8 cm³/mol. The molecule has 0 saturated carbocycles. The average molecular weight is 318 g/mol. The van der Waals surface area contributed by atoms with Crippen LogP contribution in [0.5, 0.6) is 0 Å². The van der Waals surface area contributed by atoms with E-state index in [4.69, 9.17) is 0 Å². The number of carboxylic acid groups (broad SMARTS) is 1. The lowest BCUT2D eigenvalue weighted by Crippen LogP contribution is -2.45. The molecule has 0 spiro atoms. The van der Waals surface area contributed by atoms with Gasteiger partial charge in [-0.05, 0) is 36.8 Å². The highest BCUT2D eigenvalue weighted by atomic mass is 16.4. The van der Waals surface area contributed by atoms with Gasteiger partial charge in [-0.2, -0.15) is 0 Å². The van der Waals surface area contributed by atoms with Crippen molar-refractivity contribution in [3.63, 3.8) is 0 Å². The second kappa shape index (κ2) is 5.64. The number of aromatic carboxylic acids is 1. The van der Waals surface area contributed by atoms with Crippen LogP contribution in [0.3, 0.4) is 0 Å². The molecule has 24 heavy (non-hydrogen) atoms. The Hall–Kier alpha value is -2.88. The Morgan fingerprint density at radius 1 is 1.17 bits per heavy atom. The summed E-state index contributed by atoms with van der Waals surface area (Å²) in [6.07, 6.45) is 1.54. The molecule has 0 radical (unpaired) electrons. The molecule has 2 aromatic carbocycles. The first-order valence-corrected chi connectivity index (χ1v) is 8.05. The van der Waals surface area contributed by atoms with Crippen molar-refractivity contribution in [3.05, 3.63) is 71.4 Å². The van der Waals surface area contributed by atoms with Crippen LogP contribution in [0, 0.1) is 6.92 Å². The van der Waals surface area contributed by atoms with Crippen molar-refractivity contribution in [3.8, 4) is 0 Å². The van der Waals surface area contributed by atoms with Gasteiger partial charge in [0, 0.05) is 36.3 Å². The van der Waals surface area contributed by atoms with Gasteiger partial charge in [-0.25, -0.2) is 4.79 Å². The SMILES string of the molecule is Cc1cccc(C2CN(c3ccc4nccc(C(=O)O)c4c3)C2)c1. The lowest BCUT2D eigenvalue weighted by molar-refractivity contribution is 0.0699. The zero-order valence-corrected chi connectivity index (χ0v) is 13.4. The molecule has 1 aliphatic heterocycles. The number of carboxylic acids is 1. The van der Waals surface area contributed by atoms with E-state index in [1.54, 1.807) is 12.3 Å². The number of nitrogens with zero attached hydrogens (tertiary/aromatic N) is 2. The highest BCUT2D eigenvalue weighted by molar-refractivity contribution is 6.03. The summed E-state index contributed by atoms with van der Waals surface area (Å²) < 4.78 is 0. The molecule has 1 N–H and O–H groups in total. The van der Waals surface area contributed by atoms with Gasteiger partial charge in [0.15, 0.2) is 0 Å². The predicted octanol–water partition coefficient (Wildman–Crippen LogP) is 3.85. The van der Waals surface area contributed by atoms with E-state index in [2.05, 4.69) is 41.1 Å². The summed E-state index contributed by atoms with van der Waals surface area (Å²) in [4.78, 5) is 17.9. The summed E-state index contributed by atoms with van der Waals surface area (Å²) in [5.74, 6) is -0.380. The second-order valence-electron chi connectivity index (χ2n) is 6.38. The smallest absolute Gasteiger partial charge is 0.336 e. The minimum absolute atomic E-state index is 0.303. The Bertz CT molecular complexity index is 930. The van der Waals surface area contributed by atoms with Crippen LogP contribution >= 0.6 is 0 Å². The summed E-state index contributed by atoms with van der Waals surface area (Å²) in [6.45, 7) is 4.03. The fourth-order valence-corrected chi connectivity index (χ4v) is 3.34. The van der Waals surface area contributed by atoms with Crippen LogP contribution < -0.4 is 4.90 Å². The zero-order valence-electron chi connectivity index (χ0n) is 13.4. The van der Waals surface area contributed by atoms with E-state index >= 15 is 0 Å². The van der Waals surface area contributed by atoms with Gasteiger partial charge in [-0.1, -0.05) is 29.8 Å². The van der Waals surface area contributed by atoms with E-state index in [1.165, 1.54) is 11.1 Å². The molecule has 1 aliphatic rings. The molecule has 4 rings (SSSR count). The van der Waals surface area contributed by atoms with Crippen LogP contribution in [0.15, 0.2) is 54.7 Å². The van der Waals surface area contributed by atoms with E-state index in [1.807, 2.05) is 18.2 Å². The third kappa shape index (κ3) is 2.50. The Morgan fingerprint density at radius 2 is 2.00 bits per heavy atom. The van der Waals surface area contributed by atoms with E-state index < -0.39 is 5.97 Å². The summed E-state index contributed by atoms with van der Waals surface area (Å²) in [7, 11) is 0. The molecule has 1 aromatic heterocycles. The first-order valence-electron chi connectivity index (χ1n) is 8.05. The van der Waals surface area contributed by atoms with Crippen molar-refractivity contribution in [2.45, 2.75) is 12.8 Å². The van der Waals surface area contributed by atoms with Crippen molar-refractivity contribution in [2.75, 3.05) is 18.0 Å². The number of aryl methyl sites for hydroxylation is 1. The van der Waals surface area contributed by atoms with Crippen LogP contribution in [0.1, 0.15) is 27.4 Å². The van der Waals surface area contributed by atoms with E-state index in [0.717, 1.165) is 24.3 Å². The van der Waals surface area contributed by atoms with Crippen LogP contribution in [-0.2, 0) is 0 Å². The molecule has 0 aliphatic carbocycles. The minimum Gasteiger partial charge on any atom is -0.478 e. The van der Waals surface area contributed by atoms with Crippen molar-refractivity contribution in [2.24, 2.45) is 0 Å². The maximum atomic E-state index is 11.4. The molecule has 4 nitrogen and oxygen atoms in total. The maximum Gasteiger partial charge on any atom is 0.336 e. The highest BCUT2D eigenvalue weighted by Gasteiger charge is 2.28. The molecule has 1 saturated heterocycles. The van der Waals surface area contributed by atoms with E-state index in [9.17, 15) is 9.90 Å². The van der Waals surface area contributed by atoms with Gasteiger partial charge in [-0.15, -0.1) is 0 Å². The van der Waals surface area contributed by atoms with Gasteiger partial charge in [0.1, 0.15) is 0 Å². The molecule has 1 fully saturated rings. The van der Waals surface area contributed by atoms with Crippen LogP contribution in [0.25, 0.3) is 10.9 Å². The molecular weight excluding hydrogens is 300 g/mol. The minimum atomic E-state index is -0.916. The summed E-state index contributed by atoms with van der Waals surface area (Å²) in [5.41, 5.74) is 4.74. The first-order chi connectivity index (χ1) is 11.6. The molecule has 4 heteroatoms. The van der Waals surface area contributed by atoms with Crippen LogP contribution in [-0.4, -0.2) is 29.1 Å². The number of pyridine rings is 1. The highest BCUT2D eigenvalue weighted by Crippen LogP contribution is 2.33. The Kier molecular flexibility index (Phi) is 3.45. The Morgan fingerprint density at radius 3 is 2.75 bits per heavy atom. The largest absolute Gasteiger partial charge is 0.478 e. The summed E-state index contributed by atoms with van der Waals surface area (Å²) in [5, 5.41) is 10.1. The molecule has 120 valence electrons. The maximum absolute atomic E-state index is 11.4. The molecule has 2 heterocycles. The number of aromatic nitrogens is 1. The van der Waals surface area contributed by atoms with Crippen molar-refractivity contribution in [1.82, 2.24) is 4.98 Å². The first kappa shape index (κ1) is 14.7. The molecule has 0 unspecified atom stereocenters. The number of carbonyl (C=O) groups is 1. The second-order valence-corrected chi connectivity index (χ2v) is 6.38. The van der Waals surface area contributed by atoms with Crippen molar-refractivity contribution in [1.29, 1.82) is 0 Å². The van der Waals surface area contributed by atoms with Gasteiger partial charge in [0.25, 0.3) is 0 Å². The number of hydrogen-bond acceptors (Lipinski definition) is 3. The summed E-state index contributed by atoms with van der Waals surface area (Å²) in [6, 6.07) is 16.1. The van der Waals surface area contributed by atoms with Crippen molar-refractivity contribution < 1.29 is 9.90 Å². The number of fused-ring (bicyclic) bond motifs is 1. The third-order valence-electron chi connectivity index (χ3n) is 4.72. The lowest BCUT2D eigenvalue weighted by Gasteiger charge is -2.41. The number of rotatable bonds is 3. The topological polar surface area (TPSA) is 53.4 Å². The summed E-state index contributed by atoms with van der Waals surface area (Å²) >= 11 is 0. The van der Waals surface area contributed by atoms with Crippen LogP contribution in [0.4, 0.5) is 5.69 Å². The third-order valence-corrected chi connectivity index (χ3v) is 4.72. The molecular formula is C20H18N2O2. The fraction of sp³-hybridized carbons (Fsp3) is 0.200. The van der Waals surface area contributed by atoms with Gasteiger partial charge in [0.05, 0.1) is 11.1 Å². The zero-order chi connectivity index (χ0) is 16.7. The standard InChI is InChI=1S/C20H18N2O2/c1-13-3-2-4-14(9-13)15-11-22(12-15)16-5-6-19-18(10-16)17(20(23)24)7-8-21-19/h2-10,15H,11-12H2,1H3,(H,23,24). The van der Waals surface area contributed by atoms with Gasteiger partial charge in [0.2, 0.25) is 0 Å². The normalized spacial score (nSPS) is 14.6. The Balaban J connectivity index is 1.60. The van der Waals surface area contributed by atoms with Gasteiger partial charge < -0.3 is 10.0 Å². The fourth-order valence-electron chi connectivity index (χ4n) is 3.34. The molecule has 0 atom stereocenters. The van der Waals surface area contributed by atoms with Gasteiger partial charge >= 0.3 is 5.97 Å². The quantitative estimate of drug-likeness (QED) is 0.797. The molecule has 3 aromatic rings. The molecule has 0 amide bonds.